The number of hydrogen-bond acceptors (Lipinski definition) is 4. The van der Waals surface area contributed by atoms with Crippen molar-refractivity contribution in [3.8, 4) is 5.75 Å². The fraction of sp³-hybridized carbons (Fsp3) is 0.235. The van der Waals surface area contributed by atoms with Crippen LogP contribution in [0.4, 0.5) is 4.79 Å². The molecule has 2 rings (SSSR count). The minimum absolute atomic E-state index is 0.178. The molecule has 116 valence electrons. The number of carbonyl (C=O) groups is 1. The summed E-state index contributed by atoms with van der Waals surface area (Å²) in [5.74, 6) is 0.843. The van der Waals surface area contributed by atoms with E-state index in [4.69, 9.17) is 9.47 Å². The SMILES string of the molecule is CCOC(=O)OC/C=C\COc1ccc2ccccc2c1I. The molecule has 2 aromatic rings. The quantitative estimate of drug-likeness (QED) is 0.397. The van der Waals surface area contributed by atoms with E-state index in [1.165, 1.54) is 10.8 Å². The summed E-state index contributed by atoms with van der Waals surface area (Å²) in [6.45, 7) is 2.64. The molecule has 0 saturated carbocycles. The monoisotopic (exact) mass is 412 g/mol. The van der Waals surface area contributed by atoms with Crippen molar-refractivity contribution in [2.45, 2.75) is 6.92 Å². The van der Waals surface area contributed by atoms with Gasteiger partial charge >= 0.3 is 6.16 Å². The summed E-state index contributed by atoms with van der Waals surface area (Å²) in [6.07, 6.45) is 2.88. The third-order valence-corrected chi connectivity index (χ3v) is 4.00. The molecule has 0 bridgehead atoms. The molecule has 0 aliphatic rings. The Kier molecular flexibility index (Phi) is 6.51. The lowest BCUT2D eigenvalue weighted by Gasteiger charge is -2.08. The van der Waals surface area contributed by atoms with Crippen LogP contribution in [0.5, 0.6) is 5.75 Å². The Morgan fingerprint density at radius 2 is 1.86 bits per heavy atom. The van der Waals surface area contributed by atoms with Gasteiger partial charge in [0.25, 0.3) is 0 Å². The van der Waals surface area contributed by atoms with Crippen molar-refractivity contribution in [1.82, 2.24) is 0 Å². The molecule has 0 spiro atoms. The summed E-state index contributed by atoms with van der Waals surface area (Å²) in [6, 6.07) is 12.2. The highest BCUT2D eigenvalue weighted by Gasteiger charge is 2.04. The predicted octanol–water partition coefficient (Wildman–Crippen LogP) is 4.55. The van der Waals surface area contributed by atoms with Crippen LogP contribution in [0.1, 0.15) is 6.92 Å². The van der Waals surface area contributed by atoms with E-state index >= 15 is 0 Å². The average Bonchev–Trinajstić information content (AvgIpc) is 2.53. The second kappa shape index (κ2) is 8.63. The first-order valence-electron chi connectivity index (χ1n) is 6.97. The first kappa shape index (κ1) is 16.6. The Bertz CT molecular complexity index is 667. The lowest BCUT2D eigenvalue weighted by atomic mass is 10.1. The number of fused-ring (bicyclic) bond motifs is 1. The van der Waals surface area contributed by atoms with E-state index in [0.717, 1.165) is 9.32 Å². The standard InChI is InChI=1S/C17H17IO4/c1-2-20-17(19)22-12-6-5-11-21-15-10-9-13-7-3-4-8-14(13)16(15)18/h3-10H,2,11-12H2,1H3/b6-5-. The van der Waals surface area contributed by atoms with E-state index in [-0.39, 0.29) is 6.61 Å². The maximum Gasteiger partial charge on any atom is 0.508 e. The molecule has 0 aliphatic heterocycles. The second-order valence-corrected chi connectivity index (χ2v) is 5.45. The summed E-state index contributed by atoms with van der Waals surface area (Å²) < 4.78 is 16.3. The number of halogens is 1. The Morgan fingerprint density at radius 3 is 2.68 bits per heavy atom. The molecule has 0 aliphatic carbocycles. The third kappa shape index (κ3) is 4.62. The van der Waals surface area contributed by atoms with Crippen LogP contribution in [0.15, 0.2) is 48.6 Å². The summed E-state index contributed by atoms with van der Waals surface area (Å²) in [5.41, 5.74) is 0. The van der Waals surface area contributed by atoms with Gasteiger partial charge in [0.1, 0.15) is 19.0 Å². The van der Waals surface area contributed by atoms with Gasteiger partial charge in [-0.25, -0.2) is 4.79 Å². The van der Waals surface area contributed by atoms with E-state index in [1.54, 1.807) is 13.0 Å². The van der Waals surface area contributed by atoms with Gasteiger partial charge in [-0.15, -0.1) is 0 Å². The van der Waals surface area contributed by atoms with E-state index in [2.05, 4.69) is 39.5 Å². The summed E-state index contributed by atoms with van der Waals surface area (Å²) in [5, 5.41) is 2.37. The zero-order valence-electron chi connectivity index (χ0n) is 12.3. The molecular formula is C17H17IO4. The van der Waals surface area contributed by atoms with E-state index in [9.17, 15) is 4.79 Å². The fourth-order valence-corrected chi connectivity index (χ4v) is 2.70. The summed E-state index contributed by atoms with van der Waals surface area (Å²) in [7, 11) is 0. The molecule has 5 heteroatoms. The lowest BCUT2D eigenvalue weighted by molar-refractivity contribution is 0.0672. The van der Waals surface area contributed by atoms with Crippen LogP contribution in [0, 0.1) is 3.57 Å². The van der Waals surface area contributed by atoms with Crippen LogP contribution in [0.25, 0.3) is 10.8 Å². The average molecular weight is 412 g/mol. The summed E-state index contributed by atoms with van der Waals surface area (Å²) in [4.78, 5) is 11.0. The van der Waals surface area contributed by atoms with Crippen LogP contribution in [-0.2, 0) is 9.47 Å². The molecule has 0 fully saturated rings. The molecule has 22 heavy (non-hydrogen) atoms. The van der Waals surface area contributed by atoms with Gasteiger partial charge in [0.15, 0.2) is 0 Å². The van der Waals surface area contributed by atoms with Crippen molar-refractivity contribution in [1.29, 1.82) is 0 Å². The summed E-state index contributed by atoms with van der Waals surface area (Å²) >= 11 is 2.29. The molecular weight excluding hydrogens is 395 g/mol. The van der Waals surface area contributed by atoms with Crippen molar-refractivity contribution in [2.75, 3.05) is 19.8 Å². The molecule has 0 radical (unpaired) electrons. The van der Waals surface area contributed by atoms with Gasteiger partial charge in [-0.2, -0.15) is 0 Å². The van der Waals surface area contributed by atoms with Crippen LogP contribution >= 0.6 is 22.6 Å². The fourth-order valence-electron chi connectivity index (χ4n) is 1.87. The Labute approximate surface area is 143 Å². The minimum atomic E-state index is -0.655. The van der Waals surface area contributed by atoms with E-state index in [1.807, 2.05) is 30.3 Å². The normalized spacial score (nSPS) is 10.8. The Hall–Kier alpha value is -1.76. The number of ether oxygens (including phenoxy) is 3. The van der Waals surface area contributed by atoms with Crippen molar-refractivity contribution < 1.29 is 19.0 Å². The molecule has 0 atom stereocenters. The molecule has 0 N–H and O–H groups in total. The van der Waals surface area contributed by atoms with Crippen molar-refractivity contribution in [3.63, 3.8) is 0 Å². The van der Waals surface area contributed by atoms with E-state index < -0.39 is 6.16 Å². The second-order valence-electron chi connectivity index (χ2n) is 4.38. The molecule has 0 unspecified atom stereocenters. The molecule has 0 heterocycles. The Morgan fingerprint density at radius 1 is 1.09 bits per heavy atom. The van der Waals surface area contributed by atoms with Gasteiger partial charge < -0.3 is 14.2 Å². The third-order valence-electron chi connectivity index (χ3n) is 2.89. The molecule has 0 saturated heterocycles. The molecule has 4 nitrogen and oxygen atoms in total. The van der Waals surface area contributed by atoms with Gasteiger partial charge in [0, 0.05) is 0 Å². The number of benzene rings is 2. The first-order valence-corrected chi connectivity index (χ1v) is 8.05. The van der Waals surface area contributed by atoms with Crippen molar-refractivity contribution >= 4 is 39.5 Å². The van der Waals surface area contributed by atoms with E-state index in [0.29, 0.717) is 13.2 Å². The van der Waals surface area contributed by atoms with Crippen LogP contribution < -0.4 is 4.74 Å². The highest BCUT2D eigenvalue weighted by atomic mass is 127. The zero-order valence-corrected chi connectivity index (χ0v) is 14.4. The minimum Gasteiger partial charge on any atom is -0.488 e. The lowest BCUT2D eigenvalue weighted by Crippen LogP contribution is -2.06. The van der Waals surface area contributed by atoms with Gasteiger partial charge in [-0.1, -0.05) is 30.3 Å². The van der Waals surface area contributed by atoms with Crippen molar-refractivity contribution in [2.24, 2.45) is 0 Å². The maximum absolute atomic E-state index is 11.0. The maximum atomic E-state index is 11.0. The van der Waals surface area contributed by atoms with Gasteiger partial charge in [-0.05, 0) is 58.5 Å². The number of hydrogen-bond donors (Lipinski definition) is 0. The first-order chi connectivity index (χ1) is 10.7. The molecule has 0 amide bonds. The van der Waals surface area contributed by atoms with Gasteiger partial charge in [0.05, 0.1) is 10.2 Å². The number of rotatable bonds is 6. The largest absolute Gasteiger partial charge is 0.508 e. The van der Waals surface area contributed by atoms with Crippen LogP contribution in [-0.4, -0.2) is 26.0 Å². The molecule has 2 aromatic carbocycles. The molecule has 0 aromatic heterocycles. The zero-order chi connectivity index (χ0) is 15.8. The van der Waals surface area contributed by atoms with Gasteiger partial charge in [-0.3, -0.25) is 0 Å². The van der Waals surface area contributed by atoms with Crippen molar-refractivity contribution in [3.05, 3.63) is 52.1 Å². The topological polar surface area (TPSA) is 44.8 Å². The number of carbonyl (C=O) groups excluding carboxylic acids is 1. The van der Waals surface area contributed by atoms with Crippen LogP contribution in [0.3, 0.4) is 0 Å². The predicted molar refractivity (Wildman–Crippen MR) is 94.3 cm³/mol. The highest BCUT2D eigenvalue weighted by molar-refractivity contribution is 14.1. The highest BCUT2D eigenvalue weighted by Crippen LogP contribution is 2.29. The smallest absolute Gasteiger partial charge is 0.488 e. The van der Waals surface area contributed by atoms with Crippen LogP contribution in [0.2, 0.25) is 0 Å². The van der Waals surface area contributed by atoms with Gasteiger partial charge in [0.2, 0.25) is 0 Å². The Balaban J connectivity index is 1.84.